The molecule has 0 radical (unpaired) electrons. The van der Waals surface area contributed by atoms with Gasteiger partial charge in [-0.05, 0) is 18.9 Å². The number of hydrogen-bond donors (Lipinski definition) is 0. The molecule has 0 spiro atoms. The van der Waals surface area contributed by atoms with Gasteiger partial charge in [0.2, 0.25) is 11.8 Å². The molecular formula is C17H22N4O2. The van der Waals surface area contributed by atoms with Gasteiger partial charge >= 0.3 is 0 Å². The maximum absolute atomic E-state index is 12.0. The van der Waals surface area contributed by atoms with Crippen molar-refractivity contribution in [2.24, 2.45) is 0 Å². The van der Waals surface area contributed by atoms with Crippen molar-refractivity contribution in [2.45, 2.75) is 32.9 Å². The Kier molecular flexibility index (Phi) is 4.71. The van der Waals surface area contributed by atoms with Gasteiger partial charge < -0.3 is 9.42 Å². The fourth-order valence-corrected chi connectivity index (χ4v) is 3.06. The zero-order valence-corrected chi connectivity index (χ0v) is 13.6. The van der Waals surface area contributed by atoms with Gasteiger partial charge in [-0.3, -0.25) is 9.69 Å². The van der Waals surface area contributed by atoms with Crippen LogP contribution in [0.15, 0.2) is 34.9 Å². The third-order valence-electron chi connectivity index (χ3n) is 4.23. The van der Waals surface area contributed by atoms with Gasteiger partial charge in [0.1, 0.15) is 6.04 Å². The van der Waals surface area contributed by atoms with E-state index in [9.17, 15) is 4.79 Å². The van der Waals surface area contributed by atoms with Crippen LogP contribution in [0.2, 0.25) is 0 Å². The minimum Gasteiger partial charge on any atom is -0.337 e. The molecule has 6 heteroatoms. The van der Waals surface area contributed by atoms with Crippen LogP contribution < -0.4 is 0 Å². The van der Waals surface area contributed by atoms with Crippen molar-refractivity contribution in [1.82, 2.24) is 19.9 Å². The molecule has 1 atom stereocenters. The summed E-state index contributed by atoms with van der Waals surface area (Å²) in [5.41, 5.74) is 1.29. The van der Waals surface area contributed by atoms with Gasteiger partial charge in [-0.2, -0.15) is 4.98 Å². The van der Waals surface area contributed by atoms with Crippen LogP contribution in [-0.4, -0.2) is 45.5 Å². The number of aryl methyl sites for hydroxylation is 1. The summed E-state index contributed by atoms with van der Waals surface area (Å²) >= 11 is 0. The summed E-state index contributed by atoms with van der Waals surface area (Å²) in [6.07, 6.45) is 0.800. The number of nitrogens with zero attached hydrogens (tertiary/aromatic N) is 4. The molecule has 1 fully saturated rings. The first kappa shape index (κ1) is 15.7. The number of benzene rings is 1. The van der Waals surface area contributed by atoms with E-state index in [2.05, 4.69) is 39.3 Å². The fraction of sp³-hybridized carbons (Fsp3) is 0.471. The van der Waals surface area contributed by atoms with E-state index in [4.69, 9.17) is 4.52 Å². The maximum atomic E-state index is 12.0. The number of rotatable bonds is 3. The summed E-state index contributed by atoms with van der Waals surface area (Å²) < 4.78 is 5.32. The Morgan fingerprint density at radius 3 is 2.70 bits per heavy atom. The summed E-state index contributed by atoms with van der Waals surface area (Å²) in [7, 11) is 0. The van der Waals surface area contributed by atoms with Crippen LogP contribution in [0, 0.1) is 6.92 Å². The smallest absolute Gasteiger partial charge is 0.249 e. The lowest BCUT2D eigenvalue weighted by molar-refractivity contribution is -0.131. The largest absolute Gasteiger partial charge is 0.337 e. The molecule has 1 aliphatic heterocycles. The minimum absolute atomic E-state index is 0.0485. The normalized spacial score (nSPS) is 19.6. The summed E-state index contributed by atoms with van der Waals surface area (Å²) in [4.78, 5) is 20.6. The molecule has 0 saturated carbocycles. The summed E-state index contributed by atoms with van der Waals surface area (Å²) in [6.45, 7) is 6.70. The highest BCUT2D eigenvalue weighted by molar-refractivity contribution is 5.73. The van der Waals surface area contributed by atoms with E-state index in [1.165, 1.54) is 5.56 Å². The number of amides is 1. The molecule has 23 heavy (non-hydrogen) atoms. The molecule has 3 rings (SSSR count). The Bertz CT molecular complexity index is 656. The highest BCUT2D eigenvalue weighted by Crippen LogP contribution is 2.26. The minimum atomic E-state index is -0.130. The maximum Gasteiger partial charge on any atom is 0.249 e. The van der Waals surface area contributed by atoms with Crippen molar-refractivity contribution >= 4 is 5.91 Å². The lowest BCUT2D eigenvalue weighted by Gasteiger charge is -2.25. The Balaban J connectivity index is 1.73. The zero-order valence-electron chi connectivity index (χ0n) is 13.6. The van der Waals surface area contributed by atoms with E-state index in [1.54, 1.807) is 13.8 Å². The highest BCUT2D eigenvalue weighted by Gasteiger charge is 2.30. The van der Waals surface area contributed by atoms with Crippen molar-refractivity contribution in [3.05, 3.63) is 47.6 Å². The Morgan fingerprint density at radius 1 is 1.26 bits per heavy atom. The molecule has 122 valence electrons. The van der Waals surface area contributed by atoms with Crippen molar-refractivity contribution in [3.63, 3.8) is 0 Å². The third kappa shape index (κ3) is 3.76. The van der Waals surface area contributed by atoms with E-state index < -0.39 is 0 Å². The Hall–Kier alpha value is -2.21. The second kappa shape index (κ2) is 6.91. The molecule has 0 N–H and O–H groups in total. The average Bonchev–Trinajstić information content (AvgIpc) is 2.85. The van der Waals surface area contributed by atoms with Crippen molar-refractivity contribution in [1.29, 1.82) is 0 Å². The van der Waals surface area contributed by atoms with Crippen LogP contribution >= 0.6 is 0 Å². The first-order valence-electron chi connectivity index (χ1n) is 7.97. The number of aromatic nitrogens is 2. The predicted octanol–water partition coefficient (Wildman–Crippen LogP) is 2.17. The van der Waals surface area contributed by atoms with E-state index in [0.717, 1.165) is 26.1 Å². The molecule has 6 nitrogen and oxygen atoms in total. The van der Waals surface area contributed by atoms with E-state index >= 15 is 0 Å². The third-order valence-corrected chi connectivity index (χ3v) is 4.23. The van der Waals surface area contributed by atoms with Gasteiger partial charge in [0.15, 0.2) is 5.82 Å². The topological polar surface area (TPSA) is 62.5 Å². The molecule has 1 aliphatic rings. The summed E-state index contributed by atoms with van der Waals surface area (Å²) in [5.74, 6) is 1.19. The van der Waals surface area contributed by atoms with E-state index in [0.29, 0.717) is 18.3 Å². The van der Waals surface area contributed by atoms with Crippen LogP contribution in [-0.2, 0) is 11.3 Å². The first-order valence-corrected chi connectivity index (χ1v) is 7.97. The monoisotopic (exact) mass is 314 g/mol. The summed E-state index contributed by atoms with van der Waals surface area (Å²) in [6, 6.07) is 10.3. The van der Waals surface area contributed by atoms with Crippen LogP contribution in [0.1, 0.15) is 36.7 Å². The first-order chi connectivity index (χ1) is 11.1. The molecule has 1 aromatic carbocycles. The molecule has 0 aliphatic carbocycles. The lowest BCUT2D eigenvalue weighted by atomic mass is 10.1. The molecular weight excluding hydrogens is 292 g/mol. The Labute approximate surface area is 136 Å². The predicted molar refractivity (Wildman–Crippen MR) is 85.5 cm³/mol. The van der Waals surface area contributed by atoms with Gasteiger partial charge in [-0.15, -0.1) is 0 Å². The zero-order chi connectivity index (χ0) is 16.2. The van der Waals surface area contributed by atoms with Crippen LogP contribution in [0.3, 0.4) is 0 Å². The SMILES string of the molecule is CC(=O)N1CCN(Cc2ccccc2)CCC1c1nc(C)no1. The van der Waals surface area contributed by atoms with Crippen LogP contribution in [0.25, 0.3) is 0 Å². The van der Waals surface area contributed by atoms with Gasteiger partial charge in [0, 0.05) is 33.1 Å². The second-order valence-corrected chi connectivity index (χ2v) is 5.96. The molecule has 2 heterocycles. The molecule has 1 saturated heterocycles. The van der Waals surface area contributed by atoms with Gasteiger partial charge in [0.25, 0.3) is 0 Å². The van der Waals surface area contributed by atoms with Crippen molar-refractivity contribution in [3.8, 4) is 0 Å². The van der Waals surface area contributed by atoms with Crippen molar-refractivity contribution < 1.29 is 9.32 Å². The second-order valence-electron chi connectivity index (χ2n) is 5.96. The molecule has 1 aromatic heterocycles. The lowest BCUT2D eigenvalue weighted by Crippen LogP contribution is -2.35. The molecule has 1 unspecified atom stereocenters. The standard InChI is InChI=1S/C17H22N4O2/c1-13-18-17(23-19-13)16-8-9-20(10-11-21(16)14(2)22)12-15-6-4-3-5-7-15/h3-7,16H,8-12H2,1-2H3. The van der Waals surface area contributed by atoms with Gasteiger partial charge in [-0.1, -0.05) is 35.5 Å². The van der Waals surface area contributed by atoms with Crippen LogP contribution in [0.4, 0.5) is 0 Å². The molecule has 2 aromatic rings. The van der Waals surface area contributed by atoms with Gasteiger partial charge in [-0.25, -0.2) is 0 Å². The average molecular weight is 314 g/mol. The molecule has 0 bridgehead atoms. The van der Waals surface area contributed by atoms with Crippen LogP contribution in [0.5, 0.6) is 0 Å². The highest BCUT2D eigenvalue weighted by atomic mass is 16.5. The molecule has 1 amide bonds. The van der Waals surface area contributed by atoms with Gasteiger partial charge in [0.05, 0.1) is 0 Å². The number of carbonyl (C=O) groups excluding carboxylic acids is 1. The number of carbonyl (C=O) groups is 1. The summed E-state index contributed by atoms with van der Waals surface area (Å²) in [5, 5.41) is 3.87. The fourth-order valence-electron chi connectivity index (χ4n) is 3.06. The quantitative estimate of drug-likeness (QED) is 0.869. The van der Waals surface area contributed by atoms with Crippen molar-refractivity contribution in [2.75, 3.05) is 19.6 Å². The van der Waals surface area contributed by atoms with E-state index in [1.807, 2.05) is 11.0 Å². The Morgan fingerprint density at radius 2 is 2.04 bits per heavy atom. The van der Waals surface area contributed by atoms with E-state index in [-0.39, 0.29) is 11.9 Å². The number of hydrogen-bond acceptors (Lipinski definition) is 5.